The Hall–Kier alpha value is -1.64. The van der Waals surface area contributed by atoms with Crippen molar-refractivity contribution in [1.29, 1.82) is 0 Å². The summed E-state index contributed by atoms with van der Waals surface area (Å²) in [6.45, 7) is 0. The molecule has 15 heavy (non-hydrogen) atoms. The summed E-state index contributed by atoms with van der Waals surface area (Å²) in [5.74, 6) is -1.36. The summed E-state index contributed by atoms with van der Waals surface area (Å²) in [4.78, 5) is 22.6. The maximum absolute atomic E-state index is 11.6. The zero-order valence-corrected chi connectivity index (χ0v) is 8.53. The molecule has 3 nitrogen and oxygen atoms in total. The zero-order valence-electron chi connectivity index (χ0n) is 8.53. The number of Topliss-reactive ketones (excluding diaryl/α,β-unsaturated/α-hetero) is 1. The van der Waals surface area contributed by atoms with Crippen molar-refractivity contribution in [3.63, 3.8) is 0 Å². The van der Waals surface area contributed by atoms with Crippen molar-refractivity contribution in [3.05, 3.63) is 35.4 Å². The summed E-state index contributed by atoms with van der Waals surface area (Å²) in [6, 6.07) is 7.90. The van der Waals surface area contributed by atoms with Gasteiger partial charge in [0.25, 0.3) is 0 Å². The van der Waals surface area contributed by atoms with Gasteiger partial charge in [-0.25, -0.2) is 4.79 Å². The van der Waals surface area contributed by atoms with E-state index in [4.69, 9.17) is 0 Å². The third-order valence-corrected chi connectivity index (χ3v) is 2.81. The first kappa shape index (κ1) is 9.90. The molecular formula is C12H12O3. The standard InChI is InChI=1S/C12H12O3/c1-15-12(14)11(13)10-6-8-4-2-3-5-9(8)7-10/h2-5,10H,6-7H2,1H3. The number of fused-ring (bicyclic) bond motifs is 1. The van der Waals surface area contributed by atoms with Crippen LogP contribution in [0.15, 0.2) is 24.3 Å². The van der Waals surface area contributed by atoms with Gasteiger partial charge in [-0.3, -0.25) is 4.79 Å². The average molecular weight is 204 g/mol. The smallest absolute Gasteiger partial charge is 0.374 e. The molecule has 0 spiro atoms. The fourth-order valence-corrected chi connectivity index (χ4v) is 2.01. The van der Waals surface area contributed by atoms with Crippen LogP contribution in [0.4, 0.5) is 0 Å². The molecule has 3 heteroatoms. The van der Waals surface area contributed by atoms with Crippen molar-refractivity contribution in [3.8, 4) is 0 Å². The lowest BCUT2D eigenvalue weighted by Gasteiger charge is -2.04. The van der Waals surface area contributed by atoms with E-state index >= 15 is 0 Å². The summed E-state index contributed by atoms with van der Waals surface area (Å²) in [7, 11) is 1.24. The number of rotatable bonds is 2. The third kappa shape index (κ3) is 1.77. The van der Waals surface area contributed by atoms with Crippen molar-refractivity contribution in [2.45, 2.75) is 12.8 Å². The number of benzene rings is 1. The first-order valence-electron chi connectivity index (χ1n) is 4.91. The maximum atomic E-state index is 11.6. The molecular weight excluding hydrogens is 192 g/mol. The summed E-state index contributed by atoms with van der Waals surface area (Å²) in [5.41, 5.74) is 2.33. The Morgan fingerprint density at radius 3 is 2.20 bits per heavy atom. The third-order valence-electron chi connectivity index (χ3n) is 2.81. The first-order valence-corrected chi connectivity index (χ1v) is 4.91. The molecule has 0 N–H and O–H groups in total. The van der Waals surface area contributed by atoms with Crippen LogP contribution in [0.1, 0.15) is 11.1 Å². The van der Waals surface area contributed by atoms with Crippen LogP contribution in [0.3, 0.4) is 0 Å². The normalized spacial score (nSPS) is 14.7. The number of carbonyl (C=O) groups is 2. The Morgan fingerprint density at radius 1 is 1.20 bits per heavy atom. The van der Waals surface area contributed by atoms with Gasteiger partial charge in [-0.2, -0.15) is 0 Å². The van der Waals surface area contributed by atoms with E-state index in [2.05, 4.69) is 4.74 Å². The van der Waals surface area contributed by atoms with Crippen LogP contribution in [0.2, 0.25) is 0 Å². The molecule has 0 heterocycles. The van der Waals surface area contributed by atoms with E-state index in [0.717, 1.165) is 0 Å². The minimum absolute atomic E-state index is 0.227. The SMILES string of the molecule is COC(=O)C(=O)C1Cc2ccccc2C1. The molecule has 0 unspecified atom stereocenters. The van der Waals surface area contributed by atoms with Crippen LogP contribution in [-0.2, 0) is 27.2 Å². The lowest BCUT2D eigenvalue weighted by molar-refractivity contribution is -0.153. The number of carbonyl (C=O) groups excluding carboxylic acids is 2. The van der Waals surface area contributed by atoms with Gasteiger partial charge >= 0.3 is 5.97 Å². The molecule has 0 amide bonds. The van der Waals surface area contributed by atoms with Gasteiger partial charge in [-0.1, -0.05) is 24.3 Å². The highest BCUT2D eigenvalue weighted by atomic mass is 16.5. The fraction of sp³-hybridized carbons (Fsp3) is 0.333. The Bertz CT molecular complexity index is 384. The summed E-state index contributed by atoms with van der Waals surface area (Å²) in [6.07, 6.45) is 1.31. The molecule has 1 aromatic rings. The van der Waals surface area contributed by atoms with E-state index < -0.39 is 11.8 Å². The van der Waals surface area contributed by atoms with Crippen molar-refractivity contribution in [2.75, 3.05) is 7.11 Å². The van der Waals surface area contributed by atoms with E-state index in [-0.39, 0.29) is 5.92 Å². The Kier molecular flexibility index (Phi) is 2.54. The lowest BCUT2D eigenvalue weighted by atomic mass is 10.0. The highest BCUT2D eigenvalue weighted by Gasteiger charge is 2.31. The van der Waals surface area contributed by atoms with Crippen LogP contribution in [0, 0.1) is 5.92 Å². The molecule has 1 aliphatic rings. The molecule has 0 aromatic heterocycles. The number of hydrogen-bond acceptors (Lipinski definition) is 3. The van der Waals surface area contributed by atoms with E-state index in [1.165, 1.54) is 18.2 Å². The number of ether oxygens (including phenoxy) is 1. The summed E-state index contributed by atoms with van der Waals surface area (Å²) >= 11 is 0. The molecule has 0 atom stereocenters. The Balaban J connectivity index is 2.14. The fourth-order valence-electron chi connectivity index (χ4n) is 2.01. The van der Waals surface area contributed by atoms with Crippen molar-refractivity contribution < 1.29 is 14.3 Å². The molecule has 0 saturated carbocycles. The van der Waals surface area contributed by atoms with Gasteiger partial charge in [0, 0.05) is 5.92 Å². The zero-order chi connectivity index (χ0) is 10.8. The van der Waals surface area contributed by atoms with Gasteiger partial charge in [-0.15, -0.1) is 0 Å². The van der Waals surface area contributed by atoms with Crippen LogP contribution in [0.5, 0.6) is 0 Å². The number of hydrogen-bond donors (Lipinski definition) is 0. The van der Waals surface area contributed by atoms with Crippen LogP contribution >= 0.6 is 0 Å². The molecule has 0 aliphatic heterocycles. The molecule has 1 aromatic carbocycles. The van der Waals surface area contributed by atoms with Crippen LogP contribution in [-0.4, -0.2) is 18.9 Å². The Labute approximate surface area is 88.1 Å². The quantitative estimate of drug-likeness (QED) is 0.536. The van der Waals surface area contributed by atoms with Crippen molar-refractivity contribution in [2.24, 2.45) is 5.92 Å². The molecule has 0 fully saturated rings. The van der Waals surface area contributed by atoms with Crippen molar-refractivity contribution >= 4 is 11.8 Å². The molecule has 0 radical (unpaired) electrons. The topological polar surface area (TPSA) is 43.4 Å². The lowest BCUT2D eigenvalue weighted by Crippen LogP contribution is -2.25. The second kappa shape index (κ2) is 3.85. The average Bonchev–Trinajstić information content (AvgIpc) is 2.70. The number of esters is 1. The monoisotopic (exact) mass is 204 g/mol. The second-order valence-electron chi connectivity index (χ2n) is 3.73. The highest BCUT2D eigenvalue weighted by molar-refractivity contribution is 6.34. The minimum Gasteiger partial charge on any atom is -0.463 e. The highest BCUT2D eigenvalue weighted by Crippen LogP contribution is 2.27. The predicted molar refractivity (Wildman–Crippen MR) is 54.4 cm³/mol. The van der Waals surface area contributed by atoms with E-state index in [0.29, 0.717) is 12.8 Å². The largest absolute Gasteiger partial charge is 0.463 e. The van der Waals surface area contributed by atoms with Gasteiger partial charge < -0.3 is 4.74 Å². The van der Waals surface area contributed by atoms with Gasteiger partial charge in [0.2, 0.25) is 5.78 Å². The number of methoxy groups -OCH3 is 1. The molecule has 0 bridgehead atoms. The first-order chi connectivity index (χ1) is 7.22. The number of ketones is 1. The molecule has 1 aliphatic carbocycles. The van der Waals surface area contributed by atoms with Gasteiger partial charge in [0.1, 0.15) is 0 Å². The molecule has 0 saturated heterocycles. The van der Waals surface area contributed by atoms with Gasteiger partial charge in [0.05, 0.1) is 7.11 Å². The maximum Gasteiger partial charge on any atom is 0.374 e. The van der Waals surface area contributed by atoms with Crippen LogP contribution in [0.25, 0.3) is 0 Å². The second-order valence-corrected chi connectivity index (χ2v) is 3.73. The van der Waals surface area contributed by atoms with Gasteiger partial charge in [-0.05, 0) is 24.0 Å². The summed E-state index contributed by atoms with van der Waals surface area (Å²) in [5, 5.41) is 0. The van der Waals surface area contributed by atoms with E-state index in [1.807, 2.05) is 24.3 Å². The van der Waals surface area contributed by atoms with Gasteiger partial charge in [0.15, 0.2) is 0 Å². The van der Waals surface area contributed by atoms with E-state index in [9.17, 15) is 9.59 Å². The molecule has 78 valence electrons. The van der Waals surface area contributed by atoms with Crippen LogP contribution < -0.4 is 0 Å². The van der Waals surface area contributed by atoms with Crippen molar-refractivity contribution in [1.82, 2.24) is 0 Å². The van der Waals surface area contributed by atoms with E-state index in [1.54, 1.807) is 0 Å². The predicted octanol–water partition coefficient (Wildman–Crippen LogP) is 1.14. The molecule has 2 rings (SSSR count). The summed E-state index contributed by atoms with van der Waals surface area (Å²) < 4.78 is 4.43. The minimum atomic E-state index is -0.729. The Morgan fingerprint density at radius 2 is 1.73 bits per heavy atom.